The molecule has 25 heavy (non-hydrogen) atoms. The van der Waals surface area contributed by atoms with E-state index in [1.807, 2.05) is 36.4 Å². The highest BCUT2D eigenvalue weighted by atomic mass is 35.5. The Labute approximate surface area is 155 Å². The molecule has 0 unspecified atom stereocenters. The summed E-state index contributed by atoms with van der Waals surface area (Å²) in [4.78, 5) is 1.22. The van der Waals surface area contributed by atoms with Crippen LogP contribution in [0.25, 0.3) is 0 Å². The van der Waals surface area contributed by atoms with E-state index in [1.54, 1.807) is 11.3 Å². The van der Waals surface area contributed by atoms with Gasteiger partial charge >= 0.3 is 0 Å². The number of thiophene rings is 1. The fourth-order valence-electron chi connectivity index (χ4n) is 3.51. The molecular formula is C20H15ClN2OS. The molecule has 0 bridgehead atoms. The van der Waals surface area contributed by atoms with Crippen LogP contribution in [0.4, 0.5) is 0 Å². The minimum absolute atomic E-state index is 0.186. The zero-order valence-corrected chi connectivity index (χ0v) is 14.9. The van der Waals surface area contributed by atoms with Crippen molar-refractivity contribution in [3.8, 4) is 5.75 Å². The van der Waals surface area contributed by atoms with E-state index in [9.17, 15) is 0 Å². The van der Waals surface area contributed by atoms with Crippen LogP contribution in [0.15, 0.2) is 71.1 Å². The third-order valence-corrected chi connectivity index (χ3v) is 5.79. The van der Waals surface area contributed by atoms with Gasteiger partial charge in [0.1, 0.15) is 5.75 Å². The van der Waals surface area contributed by atoms with Gasteiger partial charge in [0.2, 0.25) is 6.23 Å². The summed E-state index contributed by atoms with van der Waals surface area (Å²) in [6.07, 6.45) is 0.619. The first-order chi connectivity index (χ1) is 12.3. The van der Waals surface area contributed by atoms with Gasteiger partial charge < -0.3 is 4.74 Å². The molecule has 124 valence electrons. The molecule has 5 heteroatoms. The number of para-hydroxylation sites is 1. The number of benzene rings is 2. The minimum Gasteiger partial charge on any atom is -0.464 e. The van der Waals surface area contributed by atoms with Gasteiger partial charge in [-0.1, -0.05) is 48.0 Å². The van der Waals surface area contributed by atoms with E-state index in [-0.39, 0.29) is 12.3 Å². The molecule has 0 aliphatic carbocycles. The quantitative estimate of drug-likeness (QED) is 0.586. The molecule has 2 aliphatic rings. The van der Waals surface area contributed by atoms with Crippen LogP contribution in [-0.4, -0.2) is 10.7 Å². The number of hydrazone groups is 1. The molecule has 3 aromatic rings. The number of rotatable bonds is 2. The van der Waals surface area contributed by atoms with E-state index in [0.29, 0.717) is 5.02 Å². The molecule has 1 aromatic heterocycles. The van der Waals surface area contributed by atoms with E-state index in [0.717, 1.165) is 23.4 Å². The fraction of sp³-hybridized carbons (Fsp3) is 0.150. The number of nitrogens with zero attached hydrogens (tertiary/aromatic N) is 2. The normalized spacial score (nSPS) is 21.3. The van der Waals surface area contributed by atoms with Gasteiger partial charge in [-0.15, -0.1) is 11.3 Å². The van der Waals surface area contributed by atoms with Crippen molar-refractivity contribution in [2.45, 2.75) is 18.7 Å². The van der Waals surface area contributed by atoms with Crippen molar-refractivity contribution in [1.82, 2.24) is 5.01 Å². The van der Waals surface area contributed by atoms with E-state index >= 15 is 0 Å². The maximum absolute atomic E-state index is 6.32. The predicted molar refractivity (Wildman–Crippen MR) is 101 cm³/mol. The van der Waals surface area contributed by atoms with E-state index in [1.165, 1.54) is 10.4 Å². The third kappa shape index (κ3) is 2.53. The molecule has 0 saturated carbocycles. The predicted octanol–water partition coefficient (Wildman–Crippen LogP) is 5.64. The van der Waals surface area contributed by atoms with Crippen LogP contribution < -0.4 is 4.74 Å². The lowest BCUT2D eigenvalue weighted by molar-refractivity contribution is -0.0190. The topological polar surface area (TPSA) is 24.8 Å². The zero-order chi connectivity index (χ0) is 16.8. The molecule has 5 rings (SSSR count). The van der Waals surface area contributed by atoms with E-state index in [4.69, 9.17) is 21.4 Å². The average Bonchev–Trinajstić information content (AvgIpc) is 3.30. The molecule has 0 fully saturated rings. The van der Waals surface area contributed by atoms with Gasteiger partial charge in [-0.25, -0.2) is 5.01 Å². The van der Waals surface area contributed by atoms with Crippen LogP contribution >= 0.6 is 22.9 Å². The largest absolute Gasteiger partial charge is 0.464 e. The van der Waals surface area contributed by atoms with Crippen LogP contribution in [0, 0.1) is 0 Å². The minimum atomic E-state index is -0.268. The first kappa shape index (κ1) is 15.0. The molecule has 3 heterocycles. The Balaban J connectivity index is 1.62. The van der Waals surface area contributed by atoms with Crippen LogP contribution in [-0.2, 0) is 0 Å². The molecule has 2 atom stereocenters. The summed E-state index contributed by atoms with van der Waals surface area (Å²) >= 11 is 7.94. The van der Waals surface area contributed by atoms with Crippen molar-refractivity contribution in [2.24, 2.45) is 5.10 Å². The van der Waals surface area contributed by atoms with Gasteiger partial charge in [0.25, 0.3) is 0 Å². The monoisotopic (exact) mass is 366 g/mol. The Bertz CT molecular complexity index is 954. The summed E-state index contributed by atoms with van der Waals surface area (Å²) in [5.41, 5.74) is 3.33. The summed E-state index contributed by atoms with van der Waals surface area (Å²) in [7, 11) is 0. The summed E-state index contributed by atoms with van der Waals surface area (Å²) in [6, 6.07) is 20.5. The van der Waals surface area contributed by atoms with Gasteiger partial charge in [-0.05, 0) is 29.6 Å². The lowest BCUT2D eigenvalue weighted by atomic mass is 9.98. The standard InChI is InChI=1S/C20H15ClN2OS/c21-14-6-3-5-13(11-14)20-23-17(15-7-1-2-8-18(15)24-20)12-16(22-23)19-9-4-10-25-19/h1-11,17,20H,12H2/t17-,20+/m0/s1. The van der Waals surface area contributed by atoms with Crippen LogP contribution in [0.3, 0.4) is 0 Å². The van der Waals surface area contributed by atoms with Crippen molar-refractivity contribution in [3.63, 3.8) is 0 Å². The molecule has 2 aliphatic heterocycles. The molecule has 0 radical (unpaired) electrons. The highest BCUT2D eigenvalue weighted by Crippen LogP contribution is 2.47. The Morgan fingerprint density at radius 1 is 1.08 bits per heavy atom. The summed E-state index contributed by atoms with van der Waals surface area (Å²) in [5, 5.41) is 9.82. The van der Waals surface area contributed by atoms with Gasteiger partial charge in [0, 0.05) is 22.6 Å². The molecule has 3 nitrogen and oxygen atoms in total. The van der Waals surface area contributed by atoms with Crippen molar-refractivity contribution in [2.75, 3.05) is 0 Å². The zero-order valence-electron chi connectivity index (χ0n) is 13.3. The lowest BCUT2D eigenvalue weighted by Crippen LogP contribution is -2.33. The lowest BCUT2D eigenvalue weighted by Gasteiger charge is -2.38. The number of hydrogen-bond acceptors (Lipinski definition) is 4. The van der Waals surface area contributed by atoms with E-state index < -0.39 is 0 Å². The Hall–Kier alpha value is -2.30. The molecule has 0 saturated heterocycles. The van der Waals surface area contributed by atoms with Crippen LogP contribution in [0.1, 0.15) is 34.7 Å². The number of ether oxygens (including phenoxy) is 1. The number of fused-ring (bicyclic) bond motifs is 3. The highest BCUT2D eigenvalue weighted by molar-refractivity contribution is 7.12. The van der Waals surface area contributed by atoms with Gasteiger partial charge in [-0.3, -0.25) is 0 Å². The highest BCUT2D eigenvalue weighted by Gasteiger charge is 2.40. The third-order valence-electron chi connectivity index (χ3n) is 4.64. The first-order valence-electron chi connectivity index (χ1n) is 8.20. The molecule has 0 N–H and O–H groups in total. The Morgan fingerprint density at radius 3 is 2.84 bits per heavy atom. The SMILES string of the molecule is Clc1cccc([C@H]2Oc3ccccc3[C@@H]3CC(c4cccs4)=NN23)c1. The van der Waals surface area contributed by atoms with Crippen molar-refractivity contribution < 1.29 is 4.74 Å². The van der Waals surface area contributed by atoms with Crippen LogP contribution in [0.2, 0.25) is 5.02 Å². The van der Waals surface area contributed by atoms with Crippen molar-refractivity contribution in [1.29, 1.82) is 0 Å². The van der Waals surface area contributed by atoms with Gasteiger partial charge in [-0.2, -0.15) is 5.10 Å². The Morgan fingerprint density at radius 2 is 2.00 bits per heavy atom. The van der Waals surface area contributed by atoms with Crippen LogP contribution in [0.5, 0.6) is 5.75 Å². The van der Waals surface area contributed by atoms with Gasteiger partial charge in [0.05, 0.1) is 16.6 Å². The second-order valence-corrected chi connectivity index (χ2v) is 7.57. The Kier molecular flexibility index (Phi) is 3.54. The summed E-state index contributed by atoms with van der Waals surface area (Å²) in [5.74, 6) is 0.927. The van der Waals surface area contributed by atoms with Crippen molar-refractivity contribution in [3.05, 3.63) is 87.1 Å². The second-order valence-electron chi connectivity index (χ2n) is 6.19. The smallest absolute Gasteiger partial charge is 0.213 e. The maximum atomic E-state index is 6.32. The second kappa shape index (κ2) is 5.90. The number of halogens is 1. The number of hydrogen-bond donors (Lipinski definition) is 0. The molecular weight excluding hydrogens is 352 g/mol. The molecule has 0 amide bonds. The van der Waals surface area contributed by atoms with Crippen molar-refractivity contribution >= 4 is 28.6 Å². The van der Waals surface area contributed by atoms with E-state index in [2.05, 4.69) is 34.7 Å². The maximum Gasteiger partial charge on any atom is 0.213 e. The summed E-state index contributed by atoms with van der Waals surface area (Å²) in [6.45, 7) is 0. The molecule has 2 aromatic carbocycles. The summed E-state index contributed by atoms with van der Waals surface area (Å²) < 4.78 is 6.32. The average molecular weight is 367 g/mol. The molecule has 0 spiro atoms. The fourth-order valence-corrected chi connectivity index (χ4v) is 4.43. The van der Waals surface area contributed by atoms with Gasteiger partial charge in [0.15, 0.2) is 0 Å². The first-order valence-corrected chi connectivity index (χ1v) is 9.46.